The Balaban J connectivity index is 1.35. The Morgan fingerprint density at radius 3 is 2.47 bits per heavy atom. The molecule has 0 spiro atoms. The number of fused-ring (bicyclic) bond motifs is 7. The average Bonchev–Trinajstić information content (AvgIpc) is 3.50. The highest BCUT2D eigenvalue weighted by molar-refractivity contribution is 6.42. The minimum atomic E-state index is 0.454. The molecule has 0 amide bonds. The zero-order chi connectivity index (χ0) is 25.4. The lowest BCUT2D eigenvalue weighted by Gasteiger charge is -2.19. The molecule has 0 saturated carbocycles. The van der Waals surface area contributed by atoms with Crippen molar-refractivity contribution >= 4 is 61.4 Å². The number of nitrogens with one attached hydrogen (secondary N) is 1. The van der Waals surface area contributed by atoms with Gasteiger partial charge in [0.25, 0.3) is 0 Å². The van der Waals surface area contributed by atoms with E-state index in [-0.39, 0.29) is 0 Å². The van der Waals surface area contributed by atoms with Gasteiger partial charge in [-0.1, -0.05) is 79.2 Å². The molecule has 4 aromatic carbocycles. The first-order valence-electron chi connectivity index (χ1n) is 13.1. The van der Waals surface area contributed by atoms with E-state index in [1.165, 1.54) is 33.4 Å². The molecule has 0 saturated heterocycles. The van der Waals surface area contributed by atoms with E-state index in [4.69, 9.17) is 16.6 Å². The molecule has 38 heavy (non-hydrogen) atoms. The summed E-state index contributed by atoms with van der Waals surface area (Å²) < 4.78 is 2.44. The van der Waals surface area contributed by atoms with Gasteiger partial charge < -0.3 is 9.55 Å². The van der Waals surface area contributed by atoms with E-state index in [0.717, 1.165) is 49.8 Å². The third kappa shape index (κ3) is 3.06. The molecule has 0 bridgehead atoms. The molecule has 0 radical (unpaired) electrons. The molecule has 3 aromatic heterocycles. The summed E-state index contributed by atoms with van der Waals surface area (Å²) in [6, 6.07) is 32.2. The van der Waals surface area contributed by atoms with E-state index in [2.05, 4.69) is 107 Å². The van der Waals surface area contributed by atoms with Gasteiger partial charge in [-0.05, 0) is 60.0 Å². The molecule has 0 fully saturated rings. The van der Waals surface area contributed by atoms with E-state index in [0.29, 0.717) is 5.92 Å². The van der Waals surface area contributed by atoms with Gasteiger partial charge in [0.1, 0.15) is 5.65 Å². The first kappa shape index (κ1) is 21.7. The van der Waals surface area contributed by atoms with Crippen molar-refractivity contribution in [2.24, 2.45) is 0 Å². The number of hydrogen-bond donors (Lipinski definition) is 1. The number of halogens is 1. The van der Waals surface area contributed by atoms with Crippen molar-refractivity contribution in [2.75, 3.05) is 0 Å². The standard InChI is InChI=1S/C34H24ClN3/c1-20-8-7-12-24-26-18-22(15-17-30(26)38(33(20)24)23-9-3-2-4-10-23)21-14-16-29-27(19-21)32(35)31-25-11-5-6-13-28(25)36-34(31)37-29/h2-7,9-20H,8H2,1H3,(H,36,37). The summed E-state index contributed by atoms with van der Waals surface area (Å²) >= 11 is 7.06. The molecule has 0 aliphatic heterocycles. The minimum absolute atomic E-state index is 0.454. The first-order valence-corrected chi connectivity index (χ1v) is 13.5. The summed E-state index contributed by atoms with van der Waals surface area (Å²) in [6.45, 7) is 2.32. The van der Waals surface area contributed by atoms with Crippen LogP contribution in [-0.4, -0.2) is 14.5 Å². The Morgan fingerprint density at radius 1 is 0.842 bits per heavy atom. The van der Waals surface area contributed by atoms with E-state index in [1.54, 1.807) is 0 Å². The third-order valence-corrected chi connectivity index (χ3v) is 8.40. The van der Waals surface area contributed by atoms with Crippen molar-refractivity contribution < 1.29 is 0 Å². The van der Waals surface area contributed by atoms with Crippen molar-refractivity contribution in [3.63, 3.8) is 0 Å². The van der Waals surface area contributed by atoms with Crippen LogP contribution in [0.15, 0.2) is 97.1 Å². The first-order chi connectivity index (χ1) is 18.7. The number of aromatic amines is 1. The maximum Gasteiger partial charge on any atom is 0.140 e. The second-order valence-electron chi connectivity index (χ2n) is 10.3. The Morgan fingerprint density at radius 2 is 1.61 bits per heavy atom. The van der Waals surface area contributed by atoms with Crippen molar-refractivity contribution in [1.29, 1.82) is 0 Å². The molecule has 1 aliphatic rings. The Bertz CT molecular complexity index is 2080. The molecule has 3 nitrogen and oxygen atoms in total. The predicted octanol–water partition coefficient (Wildman–Crippen LogP) is 9.65. The van der Waals surface area contributed by atoms with Crippen LogP contribution in [0.2, 0.25) is 5.02 Å². The molecule has 1 unspecified atom stereocenters. The van der Waals surface area contributed by atoms with Gasteiger partial charge in [0.2, 0.25) is 0 Å². The summed E-state index contributed by atoms with van der Waals surface area (Å²) in [5.74, 6) is 0.454. The largest absolute Gasteiger partial charge is 0.339 e. The Hall–Kier alpha value is -4.34. The third-order valence-electron chi connectivity index (χ3n) is 8.00. The molecule has 182 valence electrons. The lowest BCUT2D eigenvalue weighted by atomic mass is 9.92. The predicted molar refractivity (Wildman–Crippen MR) is 160 cm³/mol. The van der Waals surface area contributed by atoms with E-state index in [9.17, 15) is 0 Å². The second-order valence-corrected chi connectivity index (χ2v) is 10.7. The molecular formula is C34H24ClN3. The number of benzene rings is 4. The van der Waals surface area contributed by atoms with Crippen molar-refractivity contribution in [2.45, 2.75) is 19.3 Å². The summed E-state index contributed by atoms with van der Waals surface area (Å²) in [6.07, 6.45) is 5.67. The molecule has 3 heterocycles. The van der Waals surface area contributed by atoms with Gasteiger partial charge in [-0.3, -0.25) is 0 Å². The Kier molecular flexibility index (Phi) is 4.62. The summed E-state index contributed by atoms with van der Waals surface area (Å²) in [5.41, 5.74) is 10.2. The SMILES string of the molecule is CC1CC=Cc2c1n(-c1ccccc1)c1ccc(-c3ccc4nc5[nH]c6ccccc6c5c(Cl)c4c3)cc21. The van der Waals surface area contributed by atoms with Crippen LogP contribution in [0.3, 0.4) is 0 Å². The van der Waals surface area contributed by atoms with Gasteiger partial charge in [0.05, 0.1) is 16.1 Å². The second kappa shape index (κ2) is 8.08. The number of rotatable bonds is 2. The van der Waals surface area contributed by atoms with Crippen LogP contribution in [-0.2, 0) is 0 Å². The number of para-hydroxylation sites is 2. The highest BCUT2D eigenvalue weighted by Gasteiger charge is 2.23. The highest BCUT2D eigenvalue weighted by atomic mass is 35.5. The fraction of sp³-hybridized carbons (Fsp3) is 0.0882. The fourth-order valence-corrected chi connectivity index (χ4v) is 6.55. The van der Waals surface area contributed by atoms with Crippen LogP contribution in [0.4, 0.5) is 0 Å². The van der Waals surface area contributed by atoms with Crippen LogP contribution in [0.5, 0.6) is 0 Å². The lowest BCUT2D eigenvalue weighted by Crippen LogP contribution is -2.06. The zero-order valence-corrected chi connectivity index (χ0v) is 21.6. The quantitative estimate of drug-likeness (QED) is 0.247. The van der Waals surface area contributed by atoms with E-state index < -0.39 is 0 Å². The number of nitrogens with zero attached hydrogens (tertiary/aromatic N) is 2. The molecule has 8 rings (SSSR count). The van der Waals surface area contributed by atoms with Gasteiger partial charge in [-0.2, -0.15) is 0 Å². The molecule has 1 N–H and O–H groups in total. The van der Waals surface area contributed by atoms with Crippen LogP contribution < -0.4 is 0 Å². The molecule has 4 heteroatoms. The number of allylic oxidation sites excluding steroid dienone is 1. The number of hydrogen-bond acceptors (Lipinski definition) is 1. The van der Waals surface area contributed by atoms with Crippen LogP contribution in [0.25, 0.3) is 66.6 Å². The van der Waals surface area contributed by atoms with Crippen molar-refractivity contribution in [3.05, 3.63) is 113 Å². The maximum absolute atomic E-state index is 7.06. The van der Waals surface area contributed by atoms with E-state index in [1.807, 2.05) is 12.1 Å². The van der Waals surface area contributed by atoms with Crippen LogP contribution in [0, 0.1) is 0 Å². The van der Waals surface area contributed by atoms with Gasteiger partial charge in [0, 0.05) is 49.9 Å². The minimum Gasteiger partial charge on any atom is -0.339 e. The summed E-state index contributed by atoms with van der Waals surface area (Å²) in [5, 5.41) is 5.08. The smallest absolute Gasteiger partial charge is 0.140 e. The van der Waals surface area contributed by atoms with Gasteiger partial charge >= 0.3 is 0 Å². The van der Waals surface area contributed by atoms with Gasteiger partial charge in [-0.25, -0.2) is 4.98 Å². The maximum atomic E-state index is 7.06. The summed E-state index contributed by atoms with van der Waals surface area (Å²) in [7, 11) is 0. The summed E-state index contributed by atoms with van der Waals surface area (Å²) in [4.78, 5) is 8.33. The number of aromatic nitrogens is 3. The Labute approximate surface area is 225 Å². The average molecular weight is 510 g/mol. The molecule has 7 aromatic rings. The normalized spacial score (nSPS) is 15.2. The molecule has 1 aliphatic carbocycles. The number of H-pyrrole nitrogens is 1. The van der Waals surface area contributed by atoms with Crippen molar-refractivity contribution in [3.8, 4) is 16.8 Å². The topological polar surface area (TPSA) is 33.6 Å². The van der Waals surface area contributed by atoms with Crippen LogP contribution in [0.1, 0.15) is 30.5 Å². The van der Waals surface area contributed by atoms with Crippen LogP contribution >= 0.6 is 11.6 Å². The lowest BCUT2D eigenvalue weighted by molar-refractivity contribution is 0.723. The molecule has 1 atom stereocenters. The van der Waals surface area contributed by atoms with Gasteiger partial charge in [-0.15, -0.1) is 0 Å². The highest BCUT2D eigenvalue weighted by Crippen LogP contribution is 2.42. The fourth-order valence-electron chi connectivity index (χ4n) is 6.21. The van der Waals surface area contributed by atoms with Gasteiger partial charge in [0.15, 0.2) is 0 Å². The zero-order valence-electron chi connectivity index (χ0n) is 20.9. The van der Waals surface area contributed by atoms with Crippen molar-refractivity contribution in [1.82, 2.24) is 14.5 Å². The number of pyridine rings is 1. The van der Waals surface area contributed by atoms with E-state index >= 15 is 0 Å². The molecular weight excluding hydrogens is 486 g/mol. The monoisotopic (exact) mass is 509 g/mol.